The summed E-state index contributed by atoms with van der Waals surface area (Å²) in [5.41, 5.74) is 0. The summed E-state index contributed by atoms with van der Waals surface area (Å²) in [5.74, 6) is 0.0124. The Balaban J connectivity index is 2.72. The van der Waals surface area contributed by atoms with Crippen molar-refractivity contribution < 1.29 is 17.9 Å². The van der Waals surface area contributed by atoms with E-state index >= 15 is 0 Å². The molecule has 0 heterocycles. The Morgan fingerprint density at radius 3 is 2.57 bits per heavy atom. The molecule has 0 aliphatic rings. The lowest BCUT2D eigenvalue weighted by Gasteiger charge is -2.10. The summed E-state index contributed by atoms with van der Waals surface area (Å²) in [6, 6.07) is 4.45. The summed E-state index contributed by atoms with van der Waals surface area (Å²) in [6.07, 6.45) is -4.36. The average Bonchev–Trinajstić information content (AvgIpc) is 2.05. The van der Waals surface area contributed by atoms with Gasteiger partial charge in [0.05, 0.1) is 5.02 Å². The highest BCUT2D eigenvalue weighted by molar-refractivity contribution is 9.10. The molecular weight excluding hydrogens is 284 g/mol. The molecule has 1 aromatic rings. The number of hydrogen-bond acceptors (Lipinski definition) is 1. The molecule has 0 saturated heterocycles. The molecule has 0 amide bonds. The van der Waals surface area contributed by atoms with Gasteiger partial charge in [-0.1, -0.05) is 27.5 Å². The first-order valence-corrected chi connectivity index (χ1v) is 4.70. The normalized spacial score (nSPS) is 11.5. The van der Waals surface area contributed by atoms with E-state index in [4.69, 9.17) is 11.6 Å². The molecule has 0 saturated carbocycles. The van der Waals surface area contributed by atoms with E-state index in [-0.39, 0.29) is 10.8 Å². The van der Waals surface area contributed by atoms with Gasteiger partial charge in [0.2, 0.25) is 0 Å². The van der Waals surface area contributed by atoms with Crippen LogP contribution in [-0.2, 0) is 0 Å². The quantitative estimate of drug-likeness (QED) is 0.798. The van der Waals surface area contributed by atoms with Crippen LogP contribution >= 0.6 is 27.5 Å². The second kappa shape index (κ2) is 4.40. The Kier molecular flexibility index (Phi) is 3.66. The molecule has 0 aliphatic heterocycles. The molecule has 0 spiro atoms. The first-order valence-electron chi connectivity index (χ1n) is 3.53. The highest BCUT2D eigenvalue weighted by atomic mass is 79.9. The van der Waals surface area contributed by atoms with Crippen LogP contribution in [0.15, 0.2) is 22.7 Å². The zero-order valence-corrected chi connectivity index (χ0v) is 9.08. The third-order valence-corrected chi connectivity index (χ3v) is 2.09. The van der Waals surface area contributed by atoms with Gasteiger partial charge in [0.25, 0.3) is 0 Å². The first kappa shape index (κ1) is 11.7. The van der Waals surface area contributed by atoms with Crippen LogP contribution in [0, 0.1) is 0 Å². The van der Waals surface area contributed by atoms with E-state index in [1.165, 1.54) is 12.1 Å². The van der Waals surface area contributed by atoms with Gasteiger partial charge in [-0.15, -0.1) is 0 Å². The lowest BCUT2D eigenvalue weighted by Crippen LogP contribution is -2.19. The largest absolute Gasteiger partial charge is 0.483 e. The monoisotopic (exact) mass is 288 g/mol. The van der Waals surface area contributed by atoms with Crippen molar-refractivity contribution in [1.82, 2.24) is 0 Å². The number of hydrogen-bond donors (Lipinski definition) is 0. The molecule has 6 heteroatoms. The predicted molar refractivity (Wildman–Crippen MR) is 50.7 cm³/mol. The maximum absolute atomic E-state index is 11.8. The molecule has 1 rings (SSSR count). The van der Waals surface area contributed by atoms with Gasteiger partial charge in [0.1, 0.15) is 5.75 Å². The van der Waals surface area contributed by atoms with Crippen molar-refractivity contribution in [2.24, 2.45) is 0 Å². The second-order valence-corrected chi connectivity index (χ2v) is 3.80. The SMILES string of the molecule is FC(F)(F)COc1cc(Br)ccc1Cl. The Bertz CT molecular complexity index is 327. The molecule has 78 valence electrons. The summed E-state index contributed by atoms with van der Waals surface area (Å²) < 4.78 is 40.5. The molecular formula is C8H5BrClF3O. The molecule has 1 nitrogen and oxygen atoms in total. The van der Waals surface area contributed by atoms with Crippen LogP contribution in [0.2, 0.25) is 5.02 Å². The van der Waals surface area contributed by atoms with E-state index in [1.54, 1.807) is 6.07 Å². The zero-order valence-electron chi connectivity index (χ0n) is 6.74. The van der Waals surface area contributed by atoms with E-state index in [2.05, 4.69) is 20.7 Å². The molecule has 0 aliphatic carbocycles. The molecule has 0 N–H and O–H groups in total. The lowest BCUT2D eigenvalue weighted by atomic mass is 10.3. The third-order valence-electron chi connectivity index (χ3n) is 1.28. The van der Waals surface area contributed by atoms with Gasteiger partial charge in [-0.05, 0) is 18.2 Å². The fraction of sp³-hybridized carbons (Fsp3) is 0.250. The topological polar surface area (TPSA) is 9.23 Å². The van der Waals surface area contributed by atoms with Crippen molar-refractivity contribution in [3.05, 3.63) is 27.7 Å². The first-order chi connectivity index (χ1) is 6.38. The highest BCUT2D eigenvalue weighted by Crippen LogP contribution is 2.29. The Labute approximate surface area is 91.9 Å². The average molecular weight is 289 g/mol. The minimum atomic E-state index is -4.36. The molecule has 0 atom stereocenters. The zero-order chi connectivity index (χ0) is 10.8. The van der Waals surface area contributed by atoms with Crippen LogP contribution in [0.25, 0.3) is 0 Å². The van der Waals surface area contributed by atoms with Crippen molar-refractivity contribution in [3.8, 4) is 5.75 Å². The van der Waals surface area contributed by atoms with Crippen LogP contribution in [-0.4, -0.2) is 12.8 Å². The van der Waals surface area contributed by atoms with Crippen molar-refractivity contribution >= 4 is 27.5 Å². The van der Waals surface area contributed by atoms with Crippen LogP contribution in [0.1, 0.15) is 0 Å². The molecule has 0 bridgehead atoms. The Morgan fingerprint density at radius 2 is 2.00 bits per heavy atom. The van der Waals surface area contributed by atoms with E-state index in [9.17, 15) is 13.2 Å². The van der Waals surface area contributed by atoms with Gasteiger partial charge in [0.15, 0.2) is 6.61 Å². The summed E-state index contributed by atoms with van der Waals surface area (Å²) in [6.45, 7) is -1.34. The minimum Gasteiger partial charge on any atom is -0.483 e. The van der Waals surface area contributed by atoms with Crippen molar-refractivity contribution in [3.63, 3.8) is 0 Å². The molecule has 0 fully saturated rings. The second-order valence-electron chi connectivity index (χ2n) is 2.48. The summed E-state index contributed by atoms with van der Waals surface area (Å²) >= 11 is 8.71. The number of rotatable bonds is 2. The fourth-order valence-electron chi connectivity index (χ4n) is 0.747. The van der Waals surface area contributed by atoms with Crippen LogP contribution in [0.5, 0.6) is 5.75 Å². The summed E-state index contributed by atoms with van der Waals surface area (Å²) in [7, 11) is 0. The van der Waals surface area contributed by atoms with Gasteiger partial charge in [0, 0.05) is 4.47 Å². The minimum absolute atomic E-state index is 0.0124. The fourth-order valence-corrected chi connectivity index (χ4v) is 1.26. The van der Waals surface area contributed by atoms with Crippen molar-refractivity contribution in [1.29, 1.82) is 0 Å². The van der Waals surface area contributed by atoms with E-state index < -0.39 is 12.8 Å². The highest BCUT2D eigenvalue weighted by Gasteiger charge is 2.28. The van der Waals surface area contributed by atoms with E-state index in [0.717, 1.165) is 0 Å². The number of halogens is 5. The lowest BCUT2D eigenvalue weighted by molar-refractivity contribution is -0.153. The van der Waals surface area contributed by atoms with Gasteiger partial charge < -0.3 is 4.74 Å². The maximum atomic E-state index is 11.8. The predicted octanol–water partition coefficient (Wildman–Crippen LogP) is 4.04. The van der Waals surface area contributed by atoms with Gasteiger partial charge in [-0.2, -0.15) is 13.2 Å². The van der Waals surface area contributed by atoms with Gasteiger partial charge in [-0.25, -0.2) is 0 Å². The van der Waals surface area contributed by atoms with Crippen molar-refractivity contribution in [2.75, 3.05) is 6.61 Å². The van der Waals surface area contributed by atoms with Crippen molar-refractivity contribution in [2.45, 2.75) is 6.18 Å². The number of ether oxygens (including phenoxy) is 1. The number of benzene rings is 1. The van der Waals surface area contributed by atoms with Crippen LogP contribution in [0.4, 0.5) is 13.2 Å². The molecule has 0 radical (unpaired) electrons. The summed E-state index contributed by atoms with van der Waals surface area (Å²) in [4.78, 5) is 0. The van der Waals surface area contributed by atoms with E-state index in [1.807, 2.05) is 0 Å². The Morgan fingerprint density at radius 1 is 1.36 bits per heavy atom. The van der Waals surface area contributed by atoms with Gasteiger partial charge in [-0.3, -0.25) is 0 Å². The molecule has 0 aromatic heterocycles. The number of alkyl halides is 3. The maximum Gasteiger partial charge on any atom is 0.422 e. The van der Waals surface area contributed by atoms with E-state index in [0.29, 0.717) is 4.47 Å². The van der Waals surface area contributed by atoms with Crippen LogP contribution in [0.3, 0.4) is 0 Å². The molecule has 0 unspecified atom stereocenters. The standard InChI is InChI=1S/C8H5BrClF3O/c9-5-1-2-6(10)7(3-5)14-4-8(11,12)13/h1-3H,4H2. The molecule has 14 heavy (non-hydrogen) atoms. The smallest absolute Gasteiger partial charge is 0.422 e. The molecule has 1 aromatic carbocycles. The Hall–Kier alpha value is -0.420. The van der Waals surface area contributed by atoms with Crippen LogP contribution < -0.4 is 4.74 Å². The third kappa shape index (κ3) is 3.75. The summed E-state index contributed by atoms with van der Waals surface area (Å²) in [5, 5.41) is 0.150. The van der Waals surface area contributed by atoms with Gasteiger partial charge >= 0.3 is 6.18 Å².